The predicted octanol–water partition coefficient (Wildman–Crippen LogP) is 4.31. The number of ether oxygens (including phenoxy) is 1. The summed E-state index contributed by atoms with van der Waals surface area (Å²) in [6.45, 7) is 0.848. The minimum Gasteiger partial charge on any atom is -0.465 e. The highest BCUT2D eigenvalue weighted by molar-refractivity contribution is 5.96. The van der Waals surface area contributed by atoms with Crippen LogP contribution < -0.4 is 10.6 Å². The summed E-state index contributed by atoms with van der Waals surface area (Å²) in [4.78, 5) is 20.4. The quantitative estimate of drug-likeness (QED) is 0.571. The summed E-state index contributed by atoms with van der Waals surface area (Å²) >= 11 is 0. The smallest absolute Gasteiger partial charge is 0.339 e. The minimum atomic E-state index is -0.388. The highest BCUT2D eigenvalue weighted by atomic mass is 16.5. The third kappa shape index (κ3) is 4.81. The fourth-order valence-corrected chi connectivity index (χ4v) is 3.02. The average molecular weight is 352 g/mol. The van der Waals surface area contributed by atoms with Gasteiger partial charge in [0.05, 0.1) is 18.4 Å². The van der Waals surface area contributed by atoms with E-state index < -0.39 is 0 Å². The van der Waals surface area contributed by atoms with Crippen LogP contribution in [0.25, 0.3) is 0 Å². The second-order valence-electron chi connectivity index (χ2n) is 6.24. The maximum atomic E-state index is 11.9. The van der Waals surface area contributed by atoms with Crippen molar-refractivity contribution in [3.05, 3.63) is 53.9 Å². The number of benzene rings is 1. The summed E-state index contributed by atoms with van der Waals surface area (Å²) < 4.78 is 4.82. The Labute approximate surface area is 153 Å². The number of anilines is 3. The third-order valence-electron chi connectivity index (χ3n) is 4.40. The van der Waals surface area contributed by atoms with Gasteiger partial charge in [0.15, 0.2) is 0 Å². The van der Waals surface area contributed by atoms with E-state index >= 15 is 0 Å². The third-order valence-corrected chi connectivity index (χ3v) is 4.40. The van der Waals surface area contributed by atoms with E-state index in [1.165, 1.54) is 44.7 Å². The maximum Gasteiger partial charge on any atom is 0.339 e. The lowest BCUT2D eigenvalue weighted by Gasteiger charge is -2.14. The van der Waals surface area contributed by atoms with Gasteiger partial charge >= 0.3 is 5.97 Å². The number of carbonyl (C=O) groups excluding carboxylic acids is 1. The molecule has 0 bridgehead atoms. The summed E-state index contributed by atoms with van der Waals surface area (Å²) in [5, 5.41) is 6.51. The Morgan fingerprint density at radius 2 is 2.04 bits per heavy atom. The van der Waals surface area contributed by atoms with Gasteiger partial charge in [-0.3, -0.25) is 0 Å². The Hall–Kier alpha value is -2.89. The van der Waals surface area contributed by atoms with Crippen LogP contribution in [0.2, 0.25) is 0 Å². The fraction of sp³-hybridized carbons (Fsp3) is 0.350. The summed E-state index contributed by atoms with van der Waals surface area (Å²) in [7, 11) is 1.37. The number of aromatic nitrogens is 2. The van der Waals surface area contributed by atoms with Gasteiger partial charge < -0.3 is 15.4 Å². The predicted molar refractivity (Wildman–Crippen MR) is 103 cm³/mol. The van der Waals surface area contributed by atoms with E-state index in [9.17, 15) is 4.79 Å². The molecule has 0 fully saturated rings. The van der Waals surface area contributed by atoms with Crippen LogP contribution in [0.3, 0.4) is 0 Å². The van der Waals surface area contributed by atoms with Crippen molar-refractivity contribution < 1.29 is 9.53 Å². The molecule has 1 aliphatic rings. The highest BCUT2D eigenvalue weighted by Gasteiger charge is 2.11. The van der Waals surface area contributed by atoms with Crippen LogP contribution >= 0.6 is 0 Å². The van der Waals surface area contributed by atoms with E-state index in [-0.39, 0.29) is 5.97 Å². The SMILES string of the molecule is COC(=O)c1ccccc1Nc1cc(NCCC2=CCCCC2)ncn1. The molecule has 0 unspecified atom stereocenters. The minimum absolute atomic E-state index is 0.388. The zero-order chi connectivity index (χ0) is 18.2. The van der Waals surface area contributed by atoms with E-state index in [1.807, 2.05) is 18.2 Å². The Balaban J connectivity index is 1.62. The van der Waals surface area contributed by atoms with E-state index in [4.69, 9.17) is 4.74 Å². The first-order valence-corrected chi connectivity index (χ1v) is 8.94. The van der Waals surface area contributed by atoms with Gasteiger partial charge in [0, 0.05) is 12.6 Å². The number of allylic oxidation sites excluding steroid dienone is 1. The van der Waals surface area contributed by atoms with E-state index in [0.29, 0.717) is 17.1 Å². The number of hydrogen-bond acceptors (Lipinski definition) is 6. The number of carbonyl (C=O) groups is 1. The molecule has 1 aromatic carbocycles. The second kappa shape index (κ2) is 8.99. The lowest BCUT2D eigenvalue weighted by atomic mass is 9.97. The van der Waals surface area contributed by atoms with Crippen molar-refractivity contribution in [2.45, 2.75) is 32.1 Å². The molecule has 1 aliphatic carbocycles. The molecule has 136 valence electrons. The van der Waals surface area contributed by atoms with Gasteiger partial charge in [0.1, 0.15) is 18.0 Å². The average Bonchev–Trinajstić information content (AvgIpc) is 2.69. The molecule has 0 atom stereocenters. The number of nitrogens with zero attached hydrogens (tertiary/aromatic N) is 2. The lowest BCUT2D eigenvalue weighted by Crippen LogP contribution is -2.08. The van der Waals surface area contributed by atoms with Crippen LogP contribution in [0.4, 0.5) is 17.3 Å². The first-order chi connectivity index (χ1) is 12.8. The Bertz CT molecular complexity index is 789. The van der Waals surface area contributed by atoms with Crippen molar-refractivity contribution in [2.75, 3.05) is 24.3 Å². The van der Waals surface area contributed by atoms with Crippen LogP contribution in [0.15, 0.2) is 48.3 Å². The summed E-state index contributed by atoms with van der Waals surface area (Å²) in [6.07, 6.45) is 9.93. The molecule has 6 heteroatoms. The molecule has 0 saturated heterocycles. The van der Waals surface area contributed by atoms with Gasteiger partial charge in [-0.15, -0.1) is 0 Å². The Kier molecular flexibility index (Phi) is 6.19. The molecular formula is C20H24N4O2. The molecule has 6 nitrogen and oxygen atoms in total. The molecule has 2 aromatic rings. The Morgan fingerprint density at radius 1 is 1.19 bits per heavy atom. The summed E-state index contributed by atoms with van der Waals surface area (Å²) in [5.74, 6) is 0.992. The van der Waals surface area contributed by atoms with Crippen molar-refractivity contribution in [1.29, 1.82) is 0 Å². The highest BCUT2D eigenvalue weighted by Crippen LogP contribution is 2.22. The molecule has 0 amide bonds. The molecular weight excluding hydrogens is 328 g/mol. The number of hydrogen-bond donors (Lipinski definition) is 2. The molecule has 0 spiro atoms. The van der Waals surface area contributed by atoms with Gasteiger partial charge in [-0.25, -0.2) is 14.8 Å². The van der Waals surface area contributed by atoms with Crippen LogP contribution in [0.1, 0.15) is 42.5 Å². The largest absolute Gasteiger partial charge is 0.465 e. The second-order valence-corrected chi connectivity index (χ2v) is 6.24. The summed E-state index contributed by atoms with van der Waals surface area (Å²) in [5.41, 5.74) is 2.65. The molecule has 0 aliphatic heterocycles. The number of nitrogens with one attached hydrogen (secondary N) is 2. The molecule has 26 heavy (non-hydrogen) atoms. The van der Waals surface area contributed by atoms with Gasteiger partial charge in [-0.1, -0.05) is 23.8 Å². The van der Waals surface area contributed by atoms with Gasteiger partial charge in [0.2, 0.25) is 0 Å². The molecule has 0 saturated carbocycles. The van der Waals surface area contributed by atoms with Crippen LogP contribution in [0.5, 0.6) is 0 Å². The van der Waals surface area contributed by atoms with Crippen molar-refractivity contribution in [3.63, 3.8) is 0 Å². The number of para-hydroxylation sites is 1. The number of methoxy groups -OCH3 is 1. The molecule has 1 aromatic heterocycles. The first kappa shape index (κ1) is 17.9. The topological polar surface area (TPSA) is 76.1 Å². The van der Waals surface area contributed by atoms with Crippen molar-refractivity contribution >= 4 is 23.3 Å². The van der Waals surface area contributed by atoms with Crippen LogP contribution in [-0.4, -0.2) is 29.6 Å². The summed E-state index contributed by atoms with van der Waals surface area (Å²) in [6, 6.07) is 9.02. The van der Waals surface area contributed by atoms with Gasteiger partial charge in [-0.2, -0.15) is 0 Å². The zero-order valence-corrected chi connectivity index (χ0v) is 15.0. The Morgan fingerprint density at radius 3 is 2.85 bits per heavy atom. The van der Waals surface area contributed by atoms with Crippen molar-refractivity contribution in [1.82, 2.24) is 9.97 Å². The fourth-order valence-electron chi connectivity index (χ4n) is 3.02. The maximum absolute atomic E-state index is 11.9. The van der Waals surface area contributed by atoms with Gasteiger partial charge in [0.25, 0.3) is 0 Å². The standard InChI is InChI=1S/C20H24N4O2/c1-26-20(25)16-9-5-6-10-17(16)24-19-13-18(22-14-23-19)21-12-11-15-7-3-2-4-8-15/h5-7,9-10,13-14H,2-4,8,11-12H2,1H3,(H2,21,22,23,24). The van der Waals surface area contributed by atoms with Gasteiger partial charge in [-0.05, 0) is 44.2 Å². The first-order valence-electron chi connectivity index (χ1n) is 8.94. The molecule has 3 rings (SSSR count). The van der Waals surface area contributed by atoms with E-state index in [1.54, 1.807) is 12.1 Å². The van der Waals surface area contributed by atoms with E-state index in [2.05, 4.69) is 26.7 Å². The molecule has 2 N–H and O–H groups in total. The lowest BCUT2D eigenvalue weighted by molar-refractivity contribution is 0.0602. The van der Waals surface area contributed by atoms with Crippen LogP contribution in [0, 0.1) is 0 Å². The number of rotatable bonds is 7. The normalized spacial score (nSPS) is 13.7. The molecule has 0 radical (unpaired) electrons. The number of esters is 1. The van der Waals surface area contributed by atoms with Crippen LogP contribution in [-0.2, 0) is 4.74 Å². The molecule has 1 heterocycles. The van der Waals surface area contributed by atoms with Crippen molar-refractivity contribution in [2.24, 2.45) is 0 Å². The zero-order valence-electron chi connectivity index (χ0n) is 15.0. The monoisotopic (exact) mass is 352 g/mol. The van der Waals surface area contributed by atoms with E-state index in [0.717, 1.165) is 18.8 Å². The van der Waals surface area contributed by atoms with Crippen molar-refractivity contribution in [3.8, 4) is 0 Å².